The minimum atomic E-state index is -0.697. The fourth-order valence-corrected chi connectivity index (χ4v) is 1.07. The molecule has 16 heavy (non-hydrogen) atoms. The number of nitrogens with one attached hydrogen (secondary N) is 1. The quantitative estimate of drug-likeness (QED) is 0.797. The molecule has 0 saturated heterocycles. The molecule has 88 valence electrons. The lowest BCUT2D eigenvalue weighted by Crippen LogP contribution is -2.27. The summed E-state index contributed by atoms with van der Waals surface area (Å²) in [6, 6.07) is 1.41. The molecule has 0 aromatic carbocycles. The summed E-state index contributed by atoms with van der Waals surface area (Å²) in [5, 5.41) is 11.9. The summed E-state index contributed by atoms with van der Waals surface area (Å²) in [6.45, 7) is 5.20. The Bertz CT molecular complexity index is 402. The van der Waals surface area contributed by atoms with Crippen molar-refractivity contribution in [1.82, 2.24) is 4.98 Å². The van der Waals surface area contributed by atoms with Crippen LogP contribution < -0.4 is 5.32 Å². The molecule has 1 aromatic heterocycles. The van der Waals surface area contributed by atoms with Crippen molar-refractivity contribution >= 4 is 23.5 Å². The Hall–Kier alpha value is -1.49. The van der Waals surface area contributed by atoms with Crippen molar-refractivity contribution < 1.29 is 14.6 Å². The Labute approximate surface area is 98.4 Å². The van der Waals surface area contributed by atoms with E-state index in [1.807, 2.05) is 0 Å². The maximum Gasteiger partial charge on any atom is 0.413 e. The van der Waals surface area contributed by atoms with Crippen LogP contribution in [0, 0.1) is 0 Å². The van der Waals surface area contributed by atoms with Gasteiger partial charge in [0.25, 0.3) is 0 Å². The maximum atomic E-state index is 11.4. The van der Waals surface area contributed by atoms with E-state index in [1.54, 1.807) is 20.8 Å². The van der Waals surface area contributed by atoms with Gasteiger partial charge in [-0.1, -0.05) is 11.6 Å². The second kappa shape index (κ2) is 4.57. The third kappa shape index (κ3) is 3.58. The Morgan fingerprint density at radius 3 is 2.75 bits per heavy atom. The number of amides is 1. The molecule has 0 bridgehead atoms. The number of pyridine rings is 1. The third-order valence-electron chi connectivity index (χ3n) is 1.49. The smallest absolute Gasteiger partial charge is 0.413 e. The van der Waals surface area contributed by atoms with Gasteiger partial charge >= 0.3 is 6.09 Å². The molecular weight excluding hydrogens is 232 g/mol. The molecule has 0 aliphatic carbocycles. The lowest BCUT2D eigenvalue weighted by molar-refractivity contribution is 0.0634. The molecule has 0 atom stereocenters. The molecule has 0 saturated carbocycles. The summed E-state index contributed by atoms with van der Waals surface area (Å²) in [6.07, 6.45) is 0.673. The number of carbonyl (C=O) groups excluding carboxylic acids is 1. The van der Waals surface area contributed by atoms with Crippen LogP contribution >= 0.6 is 11.6 Å². The molecule has 0 spiro atoms. The van der Waals surface area contributed by atoms with Crippen LogP contribution in [0.2, 0.25) is 5.02 Å². The van der Waals surface area contributed by atoms with Crippen molar-refractivity contribution in [2.75, 3.05) is 5.32 Å². The number of anilines is 1. The molecular formula is C10H13ClN2O3. The second-order valence-corrected chi connectivity index (χ2v) is 4.52. The van der Waals surface area contributed by atoms with Crippen LogP contribution in [0.1, 0.15) is 20.8 Å². The van der Waals surface area contributed by atoms with E-state index in [9.17, 15) is 9.90 Å². The van der Waals surface area contributed by atoms with Crippen LogP contribution in [-0.2, 0) is 4.74 Å². The van der Waals surface area contributed by atoms with Gasteiger partial charge in [-0.05, 0) is 26.8 Å². The molecule has 0 radical (unpaired) electrons. The summed E-state index contributed by atoms with van der Waals surface area (Å²) in [5.74, 6) is -0.309. The molecule has 1 rings (SSSR count). The van der Waals surface area contributed by atoms with E-state index < -0.39 is 11.7 Å². The Kier molecular flexibility index (Phi) is 3.59. The number of hydrogen-bond donors (Lipinski definition) is 2. The van der Waals surface area contributed by atoms with Crippen LogP contribution in [0.3, 0.4) is 0 Å². The zero-order valence-electron chi connectivity index (χ0n) is 9.24. The number of carbonyl (C=O) groups is 1. The summed E-state index contributed by atoms with van der Waals surface area (Å²) >= 11 is 5.65. The highest BCUT2D eigenvalue weighted by molar-refractivity contribution is 6.32. The average Bonchev–Trinajstić information content (AvgIpc) is 2.09. The van der Waals surface area contributed by atoms with Gasteiger partial charge in [0.2, 0.25) is 0 Å². The first-order valence-electron chi connectivity index (χ1n) is 4.63. The van der Waals surface area contributed by atoms with Crippen LogP contribution in [-0.4, -0.2) is 21.8 Å². The topological polar surface area (TPSA) is 71.5 Å². The minimum absolute atomic E-state index is 0.0262. The summed E-state index contributed by atoms with van der Waals surface area (Å²) in [7, 11) is 0. The normalized spacial score (nSPS) is 11.0. The fourth-order valence-electron chi connectivity index (χ4n) is 0.922. The molecule has 0 aliphatic rings. The highest BCUT2D eigenvalue weighted by atomic mass is 35.5. The first kappa shape index (κ1) is 12.6. The van der Waals surface area contributed by atoms with Gasteiger partial charge in [-0.25, -0.2) is 9.78 Å². The van der Waals surface area contributed by atoms with E-state index in [0.717, 1.165) is 0 Å². The van der Waals surface area contributed by atoms with Gasteiger partial charge < -0.3 is 9.84 Å². The highest BCUT2D eigenvalue weighted by Crippen LogP contribution is 2.29. The van der Waals surface area contributed by atoms with Gasteiger partial charge in [0, 0.05) is 6.20 Å². The standard InChI is InChI=1S/C10H13ClN2O3/c1-10(2,3)16-9(15)13-8-7(14)6(11)4-5-12-8/h4-5,14H,1-3H3,(H,12,13,15). The molecule has 0 fully saturated rings. The number of aromatic hydroxyl groups is 1. The number of ether oxygens (including phenoxy) is 1. The first-order chi connectivity index (χ1) is 7.29. The number of nitrogens with zero attached hydrogens (tertiary/aromatic N) is 1. The Morgan fingerprint density at radius 2 is 2.19 bits per heavy atom. The van der Waals surface area contributed by atoms with Gasteiger partial charge in [0.05, 0.1) is 5.02 Å². The predicted molar refractivity (Wildman–Crippen MR) is 60.8 cm³/mol. The van der Waals surface area contributed by atoms with Crippen LogP contribution in [0.4, 0.5) is 10.6 Å². The summed E-state index contributed by atoms with van der Waals surface area (Å²) in [5.41, 5.74) is -0.613. The lowest BCUT2D eigenvalue weighted by atomic mass is 10.2. The number of hydrogen-bond acceptors (Lipinski definition) is 4. The van der Waals surface area contributed by atoms with E-state index in [-0.39, 0.29) is 16.6 Å². The summed E-state index contributed by atoms with van der Waals surface area (Å²) in [4.78, 5) is 15.1. The molecule has 0 unspecified atom stereocenters. The van der Waals surface area contributed by atoms with E-state index in [4.69, 9.17) is 16.3 Å². The molecule has 2 N–H and O–H groups in total. The number of halogens is 1. The van der Waals surface area contributed by atoms with Gasteiger partial charge in [-0.15, -0.1) is 0 Å². The largest absolute Gasteiger partial charge is 0.503 e. The highest BCUT2D eigenvalue weighted by Gasteiger charge is 2.18. The average molecular weight is 245 g/mol. The molecule has 1 aromatic rings. The first-order valence-corrected chi connectivity index (χ1v) is 5.01. The van der Waals surface area contributed by atoms with Crippen molar-refractivity contribution in [2.24, 2.45) is 0 Å². The second-order valence-electron chi connectivity index (χ2n) is 4.12. The van der Waals surface area contributed by atoms with Crippen molar-refractivity contribution in [3.8, 4) is 5.75 Å². The molecule has 1 heterocycles. The fraction of sp³-hybridized carbons (Fsp3) is 0.400. The molecule has 5 nitrogen and oxygen atoms in total. The lowest BCUT2D eigenvalue weighted by Gasteiger charge is -2.19. The monoisotopic (exact) mass is 244 g/mol. The number of rotatable bonds is 1. The van der Waals surface area contributed by atoms with E-state index in [0.29, 0.717) is 0 Å². The van der Waals surface area contributed by atoms with Crippen molar-refractivity contribution in [2.45, 2.75) is 26.4 Å². The Morgan fingerprint density at radius 1 is 1.56 bits per heavy atom. The van der Waals surface area contributed by atoms with E-state index in [2.05, 4.69) is 10.3 Å². The van der Waals surface area contributed by atoms with Gasteiger partial charge in [0.1, 0.15) is 5.60 Å². The molecule has 6 heteroatoms. The van der Waals surface area contributed by atoms with Crippen molar-refractivity contribution in [3.05, 3.63) is 17.3 Å². The number of aromatic nitrogens is 1. The third-order valence-corrected chi connectivity index (χ3v) is 1.80. The van der Waals surface area contributed by atoms with E-state index in [1.165, 1.54) is 12.3 Å². The van der Waals surface area contributed by atoms with Crippen molar-refractivity contribution in [1.29, 1.82) is 0 Å². The van der Waals surface area contributed by atoms with Crippen molar-refractivity contribution in [3.63, 3.8) is 0 Å². The predicted octanol–water partition coefficient (Wildman–Crippen LogP) is 2.79. The van der Waals surface area contributed by atoms with Gasteiger partial charge in [-0.2, -0.15) is 0 Å². The van der Waals surface area contributed by atoms with Crippen LogP contribution in [0.15, 0.2) is 12.3 Å². The van der Waals surface area contributed by atoms with Crippen LogP contribution in [0.5, 0.6) is 5.75 Å². The maximum absolute atomic E-state index is 11.4. The Balaban J connectivity index is 2.74. The summed E-state index contributed by atoms with van der Waals surface area (Å²) < 4.78 is 4.99. The molecule has 0 aliphatic heterocycles. The zero-order valence-corrected chi connectivity index (χ0v) is 10.00. The SMILES string of the molecule is CC(C)(C)OC(=O)Nc1nccc(Cl)c1O. The van der Waals surface area contributed by atoms with Gasteiger partial charge in [0.15, 0.2) is 11.6 Å². The minimum Gasteiger partial charge on any atom is -0.503 e. The zero-order chi connectivity index (χ0) is 12.3. The van der Waals surface area contributed by atoms with Crippen LogP contribution in [0.25, 0.3) is 0 Å². The molecule has 1 amide bonds. The van der Waals surface area contributed by atoms with E-state index >= 15 is 0 Å². The van der Waals surface area contributed by atoms with Gasteiger partial charge in [-0.3, -0.25) is 5.32 Å².